The van der Waals surface area contributed by atoms with Gasteiger partial charge in [0.2, 0.25) is 0 Å². The summed E-state index contributed by atoms with van der Waals surface area (Å²) in [6.45, 7) is 9.99. The molecule has 1 heterocycles. The highest BCUT2D eigenvalue weighted by Gasteiger charge is 2.16. The van der Waals surface area contributed by atoms with Gasteiger partial charge in [-0.3, -0.25) is 0 Å². The smallest absolute Gasteiger partial charge is 0.140 e. The topological polar surface area (TPSA) is 32.3 Å². The molecule has 21 heavy (non-hydrogen) atoms. The maximum Gasteiger partial charge on any atom is 0.140 e. The molecule has 0 atom stereocenters. The van der Waals surface area contributed by atoms with E-state index in [-0.39, 0.29) is 0 Å². The predicted molar refractivity (Wildman–Crippen MR) is 91.4 cm³/mol. The molecule has 0 fully saturated rings. The van der Waals surface area contributed by atoms with Gasteiger partial charge in [0.25, 0.3) is 0 Å². The van der Waals surface area contributed by atoms with Crippen molar-refractivity contribution in [3.8, 4) is 0 Å². The molecule has 2 rings (SSSR count). The van der Waals surface area contributed by atoms with Gasteiger partial charge in [0.1, 0.15) is 11.0 Å². The lowest BCUT2D eigenvalue weighted by Crippen LogP contribution is -2.27. The van der Waals surface area contributed by atoms with Crippen LogP contribution in [0.15, 0.2) is 24.9 Å². The number of hydrogen-bond donors (Lipinski definition) is 0. The molecule has 0 aliphatic rings. The van der Waals surface area contributed by atoms with Gasteiger partial charge in [-0.2, -0.15) is 0 Å². The van der Waals surface area contributed by atoms with Crippen molar-refractivity contribution >= 4 is 33.9 Å². The first kappa shape index (κ1) is 15.6. The van der Waals surface area contributed by atoms with E-state index in [1.807, 2.05) is 31.0 Å². The van der Waals surface area contributed by atoms with Gasteiger partial charge in [0.05, 0.1) is 16.9 Å². The normalized spacial score (nSPS) is 11.0. The first-order chi connectivity index (χ1) is 9.85. The van der Waals surface area contributed by atoms with Crippen LogP contribution in [0.3, 0.4) is 0 Å². The van der Waals surface area contributed by atoms with Crippen molar-refractivity contribution in [1.82, 2.24) is 9.97 Å². The Bertz CT molecular complexity index is 682. The third-order valence-electron chi connectivity index (χ3n) is 3.67. The minimum Gasteiger partial charge on any atom is -0.370 e. The summed E-state index contributed by atoms with van der Waals surface area (Å²) in [7, 11) is 4.04. The molecule has 0 bridgehead atoms. The molecule has 0 spiro atoms. The molecule has 0 N–H and O–H groups in total. The number of halogens is 1. The van der Waals surface area contributed by atoms with Gasteiger partial charge in [-0.1, -0.05) is 18.2 Å². The number of anilines is 2. The minimum atomic E-state index is 0.365. The van der Waals surface area contributed by atoms with Crippen LogP contribution in [0.1, 0.15) is 19.7 Å². The highest BCUT2D eigenvalue weighted by Crippen LogP contribution is 2.35. The van der Waals surface area contributed by atoms with Gasteiger partial charge >= 0.3 is 0 Å². The van der Waals surface area contributed by atoms with Crippen molar-refractivity contribution in [3.05, 3.63) is 35.9 Å². The van der Waals surface area contributed by atoms with Crippen LogP contribution in [-0.4, -0.2) is 30.1 Å². The van der Waals surface area contributed by atoms with Crippen LogP contribution in [0.2, 0.25) is 5.15 Å². The van der Waals surface area contributed by atoms with Gasteiger partial charge in [0.15, 0.2) is 0 Å². The fraction of sp³-hybridized carbons (Fsp3) is 0.375. The Morgan fingerprint density at radius 1 is 1.19 bits per heavy atom. The fourth-order valence-electron chi connectivity index (χ4n) is 2.17. The number of nitrogens with zero attached hydrogens (tertiary/aromatic N) is 4. The highest BCUT2D eigenvalue weighted by molar-refractivity contribution is 6.34. The van der Waals surface area contributed by atoms with E-state index in [2.05, 4.69) is 42.3 Å². The zero-order valence-electron chi connectivity index (χ0n) is 13.2. The largest absolute Gasteiger partial charge is 0.370 e. The Morgan fingerprint density at radius 2 is 1.86 bits per heavy atom. The van der Waals surface area contributed by atoms with Crippen LogP contribution in [0.5, 0.6) is 0 Å². The van der Waals surface area contributed by atoms with Gasteiger partial charge < -0.3 is 9.80 Å². The number of benzene rings is 1. The Labute approximate surface area is 131 Å². The molecule has 5 heteroatoms. The maximum atomic E-state index is 6.28. The zero-order chi connectivity index (χ0) is 15.7. The maximum absolute atomic E-state index is 6.28. The Balaban J connectivity index is 2.77. The minimum absolute atomic E-state index is 0.365. The lowest BCUT2D eigenvalue weighted by Gasteiger charge is -2.29. The summed E-state index contributed by atoms with van der Waals surface area (Å²) in [6.07, 6.45) is 1.79. The van der Waals surface area contributed by atoms with Crippen molar-refractivity contribution in [3.63, 3.8) is 0 Å². The molecule has 0 unspecified atom stereocenters. The monoisotopic (exact) mass is 304 g/mol. The van der Waals surface area contributed by atoms with E-state index in [9.17, 15) is 0 Å². The van der Waals surface area contributed by atoms with Crippen LogP contribution >= 0.6 is 11.6 Å². The molecule has 0 saturated carbocycles. The number of fused-ring (bicyclic) bond motifs is 1. The van der Waals surface area contributed by atoms with Crippen molar-refractivity contribution < 1.29 is 0 Å². The fourth-order valence-corrected chi connectivity index (χ4v) is 2.44. The highest BCUT2D eigenvalue weighted by atomic mass is 35.5. The molecule has 1 aromatic heterocycles. The second kappa shape index (κ2) is 5.90. The predicted octanol–water partition coefficient (Wildman–Crippen LogP) is 4.02. The van der Waals surface area contributed by atoms with E-state index < -0.39 is 0 Å². The van der Waals surface area contributed by atoms with Gasteiger partial charge in [-0.05, 0) is 39.1 Å². The van der Waals surface area contributed by atoms with E-state index in [0.717, 1.165) is 22.3 Å². The summed E-state index contributed by atoms with van der Waals surface area (Å²) in [5, 5.41) is 1.36. The summed E-state index contributed by atoms with van der Waals surface area (Å²) in [5.74, 6) is 0.671. The van der Waals surface area contributed by atoms with Crippen LogP contribution in [-0.2, 0) is 0 Å². The van der Waals surface area contributed by atoms with Gasteiger partial charge in [0, 0.05) is 25.5 Å². The SMILES string of the molecule is C=CN(C)c1cc2nc(C)nc(Cl)c2cc1N(C)C(C)C. The van der Waals surface area contributed by atoms with Gasteiger partial charge in [-0.15, -0.1) is 0 Å². The number of aryl methyl sites for hydroxylation is 1. The molecule has 0 radical (unpaired) electrons. The molecule has 4 nitrogen and oxygen atoms in total. The molecule has 1 aromatic carbocycles. The number of hydrogen-bond acceptors (Lipinski definition) is 4. The summed E-state index contributed by atoms with van der Waals surface area (Å²) in [4.78, 5) is 12.9. The van der Waals surface area contributed by atoms with E-state index in [1.165, 1.54) is 0 Å². The van der Waals surface area contributed by atoms with E-state index in [1.54, 1.807) is 6.20 Å². The average molecular weight is 305 g/mol. The second-order valence-electron chi connectivity index (χ2n) is 5.42. The molecule has 0 aliphatic carbocycles. The van der Waals surface area contributed by atoms with Gasteiger partial charge in [-0.25, -0.2) is 9.97 Å². The van der Waals surface area contributed by atoms with Crippen molar-refractivity contribution in [1.29, 1.82) is 0 Å². The lowest BCUT2D eigenvalue weighted by atomic mass is 10.1. The van der Waals surface area contributed by atoms with Crippen molar-refractivity contribution in [2.24, 2.45) is 0 Å². The number of rotatable bonds is 4. The summed E-state index contributed by atoms with van der Waals surface area (Å²) in [5.41, 5.74) is 2.97. The van der Waals surface area contributed by atoms with Crippen LogP contribution in [0.25, 0.3) is 10.9 Å². The Kier molecular flexibility index (Phi) is 4.37. The van der Waals surface area contributed by atoms with E-state index >= 15 is 0 Å². The summed E-state index contributed by atoms with van der Waals surface area (Å²) in [6, 6.07) is 4.45. The third kappa shape index (κ3) is 2.95. The lowest BCUT2D eigenvalue weighted by molar-refractivity contribution is 0.754. The average Bonchev–Trinajstić information content (AvgIpc) is 2.44. The molecule has 112 valence electrons. The molecule has 2 aromatic rings. The van der Waals surface area contributed by atoms with Crippen LogP contribution in [0, 0.1) is 6.92 Å². The van der Waals surface area contributed by atoms with Crippen molar-refractivity contribution in [2.45, 2.75) is 26.8 Å². The van der Waals surface area contributed by atoms with E-state index in [4.69, 9.17) is 11.6 Å². The van der Waals surface area contributed by atoms with Crippen LogP contribution < -0.4 is 9.80 Å². The standard InChI is InChI=1S/C16H21ClN4/c1-7-20(5)14-9-13-12(16(17)19-11(4)18-13)8-15(14)21(6)10(2)3/h7-10H,1H2,2-6H3. The Hall–Kier alpha value is -1.81. The second-order valence-corrected chi connectivity index (χ2v) is 5.78. The Morgan fingerprint density at radius 3 is 2.43 bits per heavy atom. The zero-order valence-corrected chi connectivity index (χ0v) is 13.9. The molecule has 0 amide bonds. The van der Waals surface area contributed by atoms with Crippen molar-refractivity contribution in [2.75, 3.05) is 23.9 Å². The first-order valence-electron chi connectivity index (χ1n) is 6.91. The quantitative estimate of drug-likeness (QED) is 0.799. The molecule has 0 aliphatic heterocycles. The summed E-state index contributed by atoms with van der Waals surface area (Å²) < 4.78 is 0. The van der Waals surface area contributed by atoms with E-state index in [0.29, 0.717) is 17.0 Å². The third-order valence-corrected chi connectivity index (χ3v) is 3.95. The first-order valence-corrected chi connectivity index (χ1v) is 7.29. The summed E-state index contributed by atoms with van der Waals surface area (Å²) >= 11 is 6.28. The van der Waals surface area contributed by atoms with Crippen LogP contribution in [0.4, 0.5) is 11.4 Å². The molecular weight excluding hydrogens is 284 g/mol. The number of aromatic nitrogens is 2. The molecule has 0 saturated heterocycles. The molecular formula is C16H21ClN4.